The van der Waals surface area contributed by atoms with Crippen LogP contribution in [-0.2, 0) is 17.7 Å². The number of fused-ring (bicyclic) bond motifs is 1. The second kappa shape index (κ2) is 6.97. The maximum absolute atomic E-state index is 5.69. The molecule has 1 aromatic carbocycles. The molecule has 4 nitrogen and oxygen atoms in total. The van der Waals surface area contributed by atoms with Gasteiger partial charge in [0.2, 0.25) is 0 Å². The van der Waals surface area contributed by atoms with Crippen LogP contribution in [0.4, 0.5) is 5.69 Å². The largest absolute Gasteiger partial charge is 0.376 e. The molecule has 1 fully saturated rings. The molecule has 3 heterocycles. The van der Waals surface area contributed by atoms with Gasteiger partial charge in [0, 0.05) is 18.6 Å². The highest BCUT2D eigenvalue weighted by Crippen LogP contribution is 2.30. The molecule has 2 unspecified atom stereocenters. The van der Waals surface area contributed by atoms with E-state index in [1.807, 2.05) is 22.6 Å². The highest BCUT2D eigenvalue weighted by molar-refractivity contribution is 7.99. The van der Waals surface area contributed by atoms with Gasteiger partial charge < -0.3 is 10.1 Å². The number of aromatic nitrogens is 2. The molecule has 0 bridgehead atoms. The first kappa shape index (κ1) is 15.1. The van der Waals surface area contributed by atoms with Crippen LogP contribution in [0.3, 0.4) is 0 Å². The van der Waals surface area contributed by atoms with Crippen LogP contribution in [0.25, 0.3) is 0 Å². The number of anilines is 1. The fourth-order valence-electron chi connectivity index (χ4n) is 3.43. The first-order valence-corrected chi connectivity index (χ1v) is 9.60. The van der Waals surface area contributed by atoms with Crippen LogP contribution in [0, 0.1) is 0 Å². The van der Waals surface area contributed by atoms with Gasteiger partial charge in [-0.2, -0.15) is 16.9 Å². The molecule has 122 valence electrons. The molecule has 1 N–H and O–H groups in total. The predicted octanol–water partition coefficient (Wildman–Crippen LogP) is 3.50. The normalized spacial score (nSPS) is 24.2. The molecule has 1 saturated heterocycles. The maximum atomic E-state index is 5.69. The quantitative estimate of drug-likeness (QED) is 0.932. The van der Waals surface area contributed by atoms with E-state index in [4.69, 9.17) is 4.74 Å². The minimum Gasteiger partial charge on any atom is -0.376 e. The molecular formula is C18H23N3OS. The predicted molar refractivity (Wildman–Crippen MR) is 95.0 cm³/mol. The van der Waals surface area contributed by atoms with Crippen molar-refractivity contribution in [3.05, 3.63) is 47.8 Å². The Labute approximate surface area is 141 Å². The Morgan fingerprint density at radius 1 is 1.35 bits per heavy atom. The summed E-state index contributed by atoms with van der Waals surface area (Å²) in [4.78, 5) is 0. The molecule has 2 aliphatic rings. The first-order chi connectivity index (χ1) is 11.4. The second-order valence-corrected chi connectivity index (χ2v) is 7.46. The number of rotatable bonds is 4. The van der Waals surface area contributed by atoms with Crippen LogP contribution in [0.1, 0.15) is 30.0 Å². The topological polar surface area (TPSA) is 39.1 Å². The Balaban J connectivity index is 1.46. The van der Waals surface area contributed by atoms with Gasteiger partial charge in [-0.25, -0.2) is 0 Å². The highest BCUT2D eigenvalue weighted by atomic mass is 32.2. The van der Waals surface area contributed by atoms with E-state index >= 15 is 0 Å². The third kappa shape index (κ3) is 3.56. The molecule has 0 spiro atoms. The standard InChI is InChI=1S/C18H23N3OS/c1-2-6-17-14(4-1)7-9-23-13-18(17)20-15-10-19-21(11-15)12-16-5-3-8-22-16/h1-2,4,6,10-11,16,18,20H,3,5,7-9,12-13H2. The Morgan fingerprint density at radius 2 is 2.30 bits per heavy atom. The number of nitrogens with zero attached hydrogens (tertiary/aromatic N) is 2. The van der Waals surface area contributed by atoms with Gasteiger partial charge in [0.25, 0.3) is 0 Å². The highest BCUT2D eigenvalue weighted by Gasteiger charge is 2.20. The van der Waals surface area contributed by atoms with Crippen LogP contribution in [0.5, 0.6) is 0 Å². The van der Waals surface area contributed by atoms with Gasteiger partial charge in [0.05, 0.1) is 30.6 Å². The number of hydrogen-bond donors (Lipinski definition) is 1. The molecule has 2 atom stereocenters. The smallest absolute Gasteiger partial charge is 0.0771 e. The number of thioether (sulfide) groups is 1. The third-order valence-corrected chi connectivity index (χ3v) is 5.68. The first-order valence-electron chi connectivity index (χ1n) is 8.44. The Kier molecular flexibility index (Phi) is 4.57. The van der Waals surface area contributed by atoms with E-state index in [0.717, 1.165) is 37.4 Å². The molecule has 5 heteroatoms. The minimum absolute atomic E-state index is 0.330. The van der Waals surface area contributed by atoms with Gasteiger partial charge in [0.1, 0.15) is 0 Å². The van der Waals surface area contributed by atoms with Gasteiger partial charge >= 0.3 is 0 Å². The van der Waals surface area contributed by atoms with Crippen molar-refractivity contribution in [3.8, 4) is 0 Å². The number of ether oxygens (including phenoxy) is 1. The van der Waals surface area contributed by atoms with Crippen molar-refractivity contribution in [1.29, 1.82) is 0 Å². The van der Waals surface area contributed by atoms with Gasteiger partial charge in [-0.15, -0.1) is 0 Å². The molecule has 0 amide bonds. The lowest BCUT2D eigenvalue weighted by atomic mass is 9.99. The molecule has 23 heavy (non-hydrogen) atoms. The fraction of sp³-hybridized carbons (Fsp3) is 0.500. The van der Waals surface area contributed by atoms with Crippen molar-refractivity contribution >= 4 is 17.4 Å². The molecule has 4 rings (SSSR count). The second-order valence-electron chi connectivity index (χ2n) is 6.31. The molecule has 2 aromatic rings. The van der Waals surface area contributed by atoms with E-state index in [-0.39, 0.29) is 0 Å². The lowest BCUT2D eigenvalue weighted by molar-refractivity contribution is 0.0940. The van der Waals surface area contributed by atoms with E-state index < -0.39 is 0 Å². The van der Waals surface area contributed by atoms with Crippen LogP contribution in [0.15, 0.2) is 36.7 Å². The Morgan fingerprint density at radius 3 is 3.22 bits per heavy atom. The summed E-state index contributed by atoms with van der Waals surface area (Å²) in [5, 5.41) is 8.17. The monoisotopic (exact) mass is 329 g/mol. The molecule has 0 saturated carbocycles. The minimum atomic E-state index is 0.330. The van der Waals surface area contributed by atoms with Crippen LogP contribution >= 0.6 is 11.8 Å². The van der Waals surface area contributed by atoms with Crippen molar-refractivity contribution in [2.45, 2.75) is 38.0 Å². The van der Waals surface area contributed by atoms with Crippen LogP contribution < -0.4 is 5.32 Å². The van der Waals surface area contributed by atoms with Crippen LogP contribution in [0.2, 0.25) is 0 Å². The lowest BCUT2D eigenvalue weighted by Crippen LogP contribution is -2.15. The molecule has 0 radical (unpaired) electrons. The summed E-state index contributed by atoms with van der Waals surface area (Å²) in [7, 11) is 0. The third-order valence-electron chi connectivity index (χ3n) is 4.62. The summed E-state index contributed by atoms with van der Waals surface area (Å²) < 4.78 is 7.70. The summed E-state index contributed by atoms with van der Waals surface area (Å²) in [5.41, 5.74) is 4.01. The van der Waals surface area contributed by atoms with Crippen molar-refractivity contribution in [1.82, 2.24) is 9.78 Å². The molecule has 0 aliphatic carbocycles. The average Bonchev–Trinajstić information content (AvgIpc) is 3.19. The maximum Gasteiger partial charge on any atom is 0.0771 e. The summed E-state index contributed by atoms with van der Waals surface area (Å²) in [6, 6.07) is 9.17. The summed E-state index contributed by atoms with van der Waals surface area (Å²) in [6.45, 7) is 1.75. The zero-order valence-electron chi connectivity index (χ0n) is 13.3. The number of nitrogens with one attached hydrogen (secondary N) is 1. The lowest BCUT2D eigenvalue weighted by Gasteiger charge is -2.19. The van der Waals surface area contributed by atoms with Crippen LogP contribution in [-0.4, -0.2) is 34.0 Å². The SMILES string of the molecule is c1ccc2c(c1)CCSCC2Nc1cnn(CC2CCCO2)c1. The molecule has 1 aromatic heterocycles. The average molecular weight is 329 g/mol. The number of aryl methyl sites for hydroxylation is 1. The zero-order valence-corrected chi connectivity index (χ0v) is 14.1. The van der Waals surface area contributed by atoms with Gasteiger partial charge in [-0.05, 0) is 36.1 Å². The van der Waals surface area contributed by atoms with Crippen molar-refractivity contribution in [2.24, 2.45) is 0 Å². The summed E-state index contributed by atoms with van der Waals surface area (Å²) >= 11 is 2.02. The van der Waals surface area contributed by atoms with E-state index in [1.54, 1.807) is 0 Å². The Hall–Kier alpha value is -1.46. The van der Waals surface area contributed by atoms with Crippen molar-refractivity contribution < 1.29 is 4.74 Å². The van der Waals surface area contributed by atoms with Gasteiger partial charge in [-0.3, -0.25) is 4.68 Å². The van der Waals surface area contributed by atoms with Crippen molar-refractivity contribution in [2.75, 3.05) is 23.4 Å². The number of benzene rings is 1. The van der Waals surface area contributed by atoms with Gasteiger partial charge in [0.15, 0.2) is 0 Å². The van der Waals surface area contributed by atoms with Gasteiger partial charge in [-0.1, -0.05) is 24.3 Å². The van der Waals surface area contributed by atoms with Crippen molar-refractivity contribution in [3.63, 3.8) is 0 Å². The Bertz CT molecular complexity index is 651. The zero-order chi connectivity index (χ0) is 15.5. The van der Waals surface area contributed by atoms with E-state index in [9.17, 15) is 0 Å². The summed E-state index contributed by atoms with van der Waals surface area (Å²) in [5.74, 6) is 2.31. The molecular weight excluding hydrogens is 306 g/mol. The van der Waals surface area contributed by atoms with E-state index in [1.165, 1.54) is 23.3 Å². The summed E-state index contributed by atoms with van der Waals surface area (Å²) in [6.07, 6.45) is 7.86. The number of hydrogen-bond acceptors (Lipinski definition) is 4. The fourth-order valence-corrected chi connectivity index (χ4v) is 4.46. The molecule has 2 aliphatic heterocycles. The van der Waals surface area contributed by atoms with E-state index in [0.29, 0.717) is 12.1 Å². The van der Waals surface area contributed by atoms with E-state index in [2.05, 4.69) is 40.9 Å².